The summed E-state index contributed by atoms with van der Waals surface area (Å²) in [6.07, 6.45) is 0. The van der Waals surface area contributed by atoms with Crippen molar-refractivity contribution in [1.82, 2.24) is 9.55 Å². The fourth-order valence-electron chi connectivity index (χ4n) is 1.94. The first-order chi connectivity index (χ1) is 7.77. The van der Waals surface area contributed by atoms with E-state index in [2.05, 4.69) is 27.4 Å². The summed E-state index contributed by atoms with van der Waals surface area (Å²) in [7, 11) is 2.00. The number of likely N-dealkylation sites (N-methyl/N-ethyl adjacent to an activating group) is 1. The number of nitrogens with zero attached hydrogens (tertiary/aromatic N) is 3. The first-order valence-corrected chi connectivity index (χ1v) is 5.55. The monoisotopic (exact) mass is 219 g/mol. The maximum Gasteiger partial charge on any atom is 0.206 e. The van der Waals surface area contributed by atoms with Gasteiger partial charge in [-0.05, 0) is 19.1 Å². The summed E-state index contributed by atoms with van der Waals surface area (Å²) in [5.41, 5.74) is 2.12. The Morgan fingerprint density at radius 3 is 2.75 bits per heavy atom. The van der Waals surface area contributed by atoms with Crippen LogP contribution < -0.4 is 4.90 Å². The first kappa shape index (κ1) is 11.0. The van der Waals surface area contributed by atoms with Crippen molar-refractivity contribution in [3.63, 3.8) is 0 Å². The highest BCUT2D eigenvalue weighted by atomic mass is 16.3. The molecular weight excluding hydrogens is 202 g/mol. The van der Waals surface area contributed by atoms with Gasteiger partial charge in [0.1, 0.15) is 0 Å². The molecule has 0 aliphatic carbocycles. The molecule has 86 valence electrons. The summed E-state index contributed by atoms with van der Waals surface area (Å²) >= 11 is 0. The molecule has 1 heterocycles. The van der Waals surface area contributed by atoms with Crippen molar-refractivity contribution in [3.05, 3.63) is 24.3 Å². The quantitative estimate of drug-likeness (QED) is 0.845. The molecule has 0 aliphatic rings. The van der Waals surface area contributed by atoms with Gasteiger partial charge in [-0.1, -0.05) is 12.1 Å². The van der Waals surface area contributed by atoms with Crippen LogP contribution in [0.25, 0.3) is 11.0 Å². The normalized spacial score (nSPS) is 10.9. The molecule has 0 unspecified atom stereocenters. The largest absolute Gasteiger partial charge is 0.395 e. The van der Waals surface area contributed by atoms with E-state index < -0.39 is 0 Å². The number of aromatic nitrogens is 2. The number of hydrogen-bond acceptors (Lipinski definition) is 3. The lowest BCUT2D eigenvalue weighted by Gasteiger charge is -2.20. The number of para-hydroxylation sites is 2. The van der Waals surface area contributed by atoms with Crippen molar-refractivity contribution >= 4 is 17.0 Å². The fourth-order valence-corrected chi connectivity index (χ4v) is 1.94. The van der Waals surface area contributed by atoms with Crippen molar-refractivity contribution in [2.24, 2.45) is 7.05 Å². The summed E-state index contributed by atoms with van der Waals surface area (Å²) in [6.45, 7) is 3.68. The number of benzene rings is 1. The van der Waals surface area contributed by atoms with Crippen LogP contribution in [0.4, 0.5) is 5.95 Å². The van der Waals surface area contributed by atoms with Gasteiger partial charge in [-0.25, -0.2) is 4.98 Å². The van der Waals surface area contributed by atoms with E-state index in [-0.39, 0.29) is 6.61 Å². The summed E-state index contributed by atoms with van der Waals surface area (Å²) < 4.78 is 2.06. The molecule has 0 amide bonds. The van der Waals surface area contributed by atoms with Gasteiger partial charge in [0.15, 0.2) is 0 Å². The van der Waals surface area contributed by atoms with Crippen LogP contribution in [-0.2, 0) is 7.05 Å². The number of anilines is 1. The van der Waals surface area contributed by atoms with Crippen LogP contribution >= 0.6 is 0 Å². The zero-order chi connectivity index (χ0) is 11.5. The van der Waals surface area contributed by atoms with E-state index in [9.17, 15) is 0 Å². The van der Waals surface area contributed by atoms with E-state index in [0.717, 1.165) is 23.5 Å². The highest BCUT2D eigenvalue weighted by Gasteiger charge is 2.12. The lowest BCUT2D eigenvalue weighted by atomic mass is 10.3. The first-order valence-electron chi connectivity index (χ1n) is 5.55. The van der Waals surface area contributed by atoms with Crippen LogP contribution in [0.2, 0.25) is 0 Å². The number of aliphatic hydroxyl groups excluding tert-OH is 1. The number of rotatable bonds is 4. The van der Waals surface area contributed by atoms with Crippen molar-refractivity contribution in [2.45, 2.75) is 6.92 Å². The Balaban J connectivity index is 2.47. The number of fused-ring (bicyclic) bond motifs is 1. The summed E-state index contributed by atoms with van der Waals surface area (Å²) in [5.74, 6) is 0.915. The minimum Gasteiger partial charge on any atom is -0.395 e. The van der Waals surface area contributed by atoms with Gasteiger partial charge >= 0.3 is 0 Å². The summed E-state index contributed by atoms with van der Waals surface area (Å²) in [5, 5.41) is 9.02. The number of aryl methyl sites for hydroxylation is 1. The van der Waals surface area contributed by atoms with Gasteiger partial charge in [0.05, 0.1) is 17.6 Å². The van der Waals surface area contributed by atoms with E-state index in [1.54, 1.807) is 0 Å². The van der Waals surface area contributed by atoms with Crippen molar-refractivity contribution in [2.75, 3.05) is 24.6 Å². The predicted octanol–water partition coefficient (Wildman–Crippen LogP) is 1.39. The minimum atomic E-state index is 0.150. The van der Waals surface area contributed by atoms with Crippen molar-refractivity contribution in [3.8, 4) is 0 Å². The molecule has 4 nitrogen and oxygen atoms in total. The Morgan fingerprint density at radius 2 is 2.12 bits per heavy atom. The average Bonchev–Trinajstić information content (AvgIpc) is 2.64. The summed E-state index contributed by atoms with van der Waals surface area (Å²) in [6, 6.07) is 8.06. The Kier molecular flexibility index (Phi) is 3.10. The molecule has 0 radical (unpaired) electrons. The molecule has 0 bridgehead atoms. The molecule has 16 heavy (non-hydrogen) atoms. The minimum absolute atomic E-state index is 0.150. The Hall–Kier alpha value is -1.55. The van der Waals surface area contributed by atoms with Gasteiger partial charge in [-0.3, -0.25) is 0 Å². The smallest absolute Gasteiger partial charge is 0.206 e. The highest BCUT2D eigenvalue weighted by molar-refractivity contribution is 5.78. The van der Waals surface area contributed by atoms with Crippen LogP contribution in [0, 0.1) is 0 Å². The van der Waals surface area contributed by atoms with Gasteiger partial charge in [0, 0.05) is 20.1 Å². The summed E-state index contributed by atoms with van der Waals surface area (Å²) in [4.78, 5) is 6.65. The van der Waals surface area contributed by atoms with Crippen LogP contribution in [0.1, 0.15) is 6.92 Å². The van der Waals surface area contributed by atoms with Gasteiger partial charge < -0.3 is 14.6 Å². The van der Waals surface area contributed by atoms with Crippen molar-refractivity contribution in [1.29, 1.82) is 0 Å². The van der Waals surface area contributed by atoms with E-state index >= 15 is 0 Å². The molecule has 1 N–H and O–H groups in total. The molecule has 0 atom stereocenters. The average molecular weight is 219 g/mol. The molecule has 0 aliphatic heterocycles. The molecule has 1 aromatic carbocycles. The molecule has 0 fully saturated rings. The second kappa shape index (κ2) is 4.53. The van der Waals surface area contributed by atoms with Crippen LogP contribution in [0.15, 0.2) is 24.3 Å². The second-order valence-corrected chi connectivity index (χ2v) is 3.76. The predicted molar refractivity (Wildman–Crippen MR) is 65.7 cm³/mol. The number of aliphatic hydroxyl groups is 1. The second-order valence-electron chi connectivity index (χ2n) is 3.76. The molecule has 2 aromatic rings. The van der Waals surface area contributed by atoms with Gasteiger partial charge in [-0.2, -0.15) is 0 Å². The third kappa shape index (κ3) is 1.76. The standard InChI is InChI=1S/C12H17N3O/c1-3-15(8-9-16)12-13-10-6-4-5-7-11(10)14(12)2/h4-7,16H,3,8-9H2,1-2H3. The van der Waals surface area contributed by atoms with E-state index in [1.807, 2.05) is 25.2 Å². The van der Waals surface area contributed by atoms with Crippen molar-refractivity contribution < 1.29 is 5.11 Å². The van der Waals surface area contributed by atoms with E-state index in [0.29, 0.717) is 6.54 Å². The van der Waals surface area contributed by atoms with Gasteiger partial charge in [-0.15, -0.1) is 0 Å². The third-order valence-corrected chi connectivity index (χ3v) is 2.80. The molecule has 1 aromatic heterocycles. The lowest BCUT2D eigenvalue weighted by molar-refractivity contribution is 0.301. The lowest BCUT2D eigenvalue weighted by Crippen LogP contribution is -2.28. The molecule has 0 saturated carbocycles. The molecule has 0 saturated heterocycles. The third-order valence-electron chi connectivity index (χ3n) is 2.80. The highest BCUT2D eigenvalue weighted by Crippen LogP contribution is 2.20. The maximum atomic E-state index is 9.02. The van der Waals surface area contributed by atoms with Crippen LogP contribution in [0.5, 0.6) is 0 Å². The fraction of sp³-hybridized carbons (Fsp3) is 0.417. The number of imidazole rings is 1. The van der Waals surface area contributed by atoms with E-state index in [4.69, 9.17) is 5.11 Å². The molecule has 2 rings (SSSR count). The topological polar surface area (TPSA) is 41.3 Å². The zero-order valence-corrected chi connectivity index (χ0v) is 9.72. The Labute approximate surface area is 95.1 Å². The van der Waals surface area contributed by atoms with Crippen LogP contribution in [0.3, 0.4) is 0 Å². The number of hydrogen-bond donors (Lipinski definition) is 1. The Morgan fingerprint density at radius 1 is 1.38 bits per heavy atom. The van der Waals surface area contributed by atoms with Crippen LogP contribution in [-0.4, -0.2) is 34.4 Å². The van der Waals surface area contributed by atoms with E-state index in [1.165, 1.54) is 0 Å². The SMILES string of the molecule is CCN(CCO)c1nc2ccccc2n1C. The zero-order valence-electron chi connectivity index (χ0n) is 9.72. The Bertz CT molecular complexity index is 478. The molecule has 4 heteroatoms. The molecular formula is C12H17N3O. The van der Waals surface area contributed by atoms with Gasteiger partial charge in [0.2, 0.25) is 5.95 Å². The maximum absolute atomic E-state index is 9.02. The van der Waals surface area contributed by atoms with Gasteiger partial charge in [0.25, 0.3) is 0 Å². The molecule has 0 spiro atoms.